The lowest BCUT2D eigenvalue weighted by Gasteiger charge is -2.28. The maximum Gasteiger partial charge on any atom is 0.228 e. The summed E-state index contributed by atoms with van der Waals surface area (Å²) in [6.45, 7) is 4.15. The van der Waals surface area contributed by atoms with E-state index in [1.165, 1.54) is 12.8 Å². The number of nitrogens with zero attached hydrogens (tertiary/aromatic N) is 1. The lowest BCUT2D eigenvalue weighted by Crippen LogP contribution is -2.39. The van der Waals surface area contributed by atoms with Crippen molar-refractivity contribution in [3.63, 3.8) is 0 Å². The van der Waals surface area contributed by atoms with Gasteiger partial charge in [0.2, 0.25) is 5.91 Å². The fraction of sp³-hybridized carbons (Fsp3) is 0.923. The van der Waals surface area contributed by atoms with Crippen LogP contribution >= 0.6 is 0 Å². The third-order valence-corrected chi connectivity index (χ3v) is 4.33. The Morgan fingerprint density at radius 3 is 2.75 bits per heavy atom. The lowest BCUT2D eigenvalue weighted by molar-refractivity contribution is -0.140. The molecular weight excluding hydrogens is 202 g/mol. The van der Waals surface area contributed by atoms with Crippen LogP contribution in [0.3, 0.4) is 0 Å². The van der Waals surface area contributed by atoms with Crippen LogP contribution in [0.2, 0.25) is 0 Å². The van der Waals surface area contributed by atoms with Crippen molar-refractivity contribution in [1.82, 2.24) is 4.90 Å². The minimum atomic E-state index is -0.0753. The van der Waals surface area contributed by atoms with Crippen LogP contribution in [-0.4, -0.2) is 35.6 Å². The van der Waals surface area contributed by atoms with Gasteiger partial charge in [-0.25, -0.2) is 0 Å². The fourth-order valence-electron chi connectivity index (χ4n) is 3.19. The van der Waals surface area contributed by atoms with Gasteiger partial charge in [0.1, 0.15) is 0 Å². The van der Waals surface area contributed by atoms with Crippen molar-refractivity contribution in [3.05, 3.63) is 0 Å². The number of carbonyl (C=O) groups is 1. The minimum Gasteiger partial charge on any atom is -0.396 e. The molecule has 2 aliphatic rings. The number of aliphatic hydroxyl groups is 1. The quantitative estimate of drug-likeness (QED) is 0.795. The second-order valence-corrected chi connectivity index (χ2v) is 5.69. The Morgan fingerprint density at radius 1 is 1.44 bits per heavy atom. The van der Waals surface area contributed by atoms with Gasteiger partial charge >= 0.3 is 0 Å². The zero-order chi connectivity index (χ0) is 11.6. The van der Waals surface area contributed by atoms with Gasteiger partial charge in [-0.3, -0.25) is 4.79 Å². The maximum atomic E-state index is 12.4. The Bertz CT molecular complexity index is 259. The molecule has 0 aromatic heterocycles. The van der Waals surface area contributed by atoms with Crippen LogP contribution in [0.15, 0.2) is 0 Å². The van der Waals surface area contributed by atoms with Gasteiger partial charge in [0, 0.05) is 25.1 Å². The van der Waals surface area contributed by atoms with E-state index in [2.05, 4.69) is 6.92 Å². The number of hydrogen-bond acceptors (Lipinski definition) is 2. The van der Waals surface area contributed by atoms with Crippen molar-refractivity contribution < 1.29 is 9.90 Å². The van der Waals surface area contributed by atoms with E-state index >= 15 is 0 Å². The first-order chi connectivity index (χ1) is 7.65. The van der Waals surface area contributed by atoms with Crippen LogP contribution in [0.4, 0.5) is 0 Å². The van der Waals surface area contributed by atoms with Crippen molar-refractivity contribution in [1.29, 1.82) is 0 Å². The molecule has 0 bridgehead atoms. The third kappa shape index (κ3) is 2.24. The molecule has 92 valence electrons. The van der Waals surface area contributed by atoms with Crippen LogP contribution in [0.1, 0.15) is 45.4 Å². The predicted molar refractivity (Wildman–Crippen MR) is 63.0 cm³/mol. The normalized spacial score (nSPS) is 28.6. The van der Waals surface area contributed by atoms with E-state index in [1.54, 1.807) is 0 Å². The highest BCUT2D eigenvalue weighted by molar-refractivity contribution is 5.82. The molecule has 1 aliphatic carbocycles. The summed E-state index contributed by atoms with van der Waals surface area (Å²) < 4.78 is 0. The number of likely N-dealkylation sites (tertiary alicyclic amines) is 1. The lowest BCUT2D eigenvalue weighted by atomic mass is 9.87. The van der Waals surface area contributed by atoms with Crippen LogP contribution < -0.4 is 0 Å². The van der Waals surface area contributed by atoms with E-state index in [0.717, 1.165) is 38.8 Å². The molecule has 0 radical (unpaired) electrons. The molecule has 1 aliphatic heterocycles. The van der Waals surface area contributed by atoms with Gasteiger partial charge in [0.25, 0.3) is 0 Å². The molecule has 2 rings (SSSR count). The Kier molecular flexibility index (Phi) is 3.53. The SMILES string of the molecule is CC1(C(=O)N2CCC(CCO)C2)CCCC1. The molecule has 0 spiro atoms. The smallest absolute Gasteiger partial charge is 0.228 e. The van der Waals surface area contributed by atoms with Gasteiger partial charge in [-0.1, -0.05) is 19.8 Å². The molecule has 2 fully saturated rings. The van der Waals surface area contributed by atoms with Gasteiger partial charge < -0.3 is 10.0 Å². The Hall–Kier alpha value is -0.570. The van der Waals surface area contributed by atoms with Crippen LogP contribution in [0, 0.1) is 11.3 Å². The van der Waals surface area contributed by atoms with Crippen molar-refractivity contribution in [2.75, 3.05) is 19.7 Å². The molecule has 1 unspecified atom stereocenters. The number of carbonyl (C=O) groups excluding carboxylic acids is 1. The molecular formula is C13H23NO2. The zero-order valence-electron chi connectivity index (χ0n) is 10.2. The molecule has 1 atom stereocenters. The van der Waals surface area contributed by atoms with Crippen molar-refractivity contribution in [3.8, 4) is 0 Å². The monoisotopic (exact) mass is 225 g/mol. The molecule has 3 heteroatoms. The van der Waals surface area contributed by atoms with Gasteiger partial charge in [-0.2, -0.15) is 0 Å². The Labute approximate surface area is 97.8 Å². The van der Waals surface area contributed by atoms with Gasteiger partial charge in [0.05, 0.1) is 0 Å². The average molecular weight is 225 g/mol. The molecule has 16 heavy (non-hydrogen) atoms. The van der Waals surface area contributed by atoms with Gasteiger partial charge in [-0.15, -0.1) is 0 Å². The topological polar surface area (TPSA) is 40.5 Å². The molecule has 3 nitrogen and oxygen atoms in total. The van der Waals surface area contributed by atoms with E-state index in [9.17, 15) is 4.79 Å². The van der Waals surface area contributed by atoms with Crippen LogP contribution in [-0.2, 0) is 4.79 Å². The van der Waals surface area contributed by atoms with Gasteiger partial charge in [0.15, 0.2) is 0 Å². The van der Waals surface area contributed by atoms with Crippen LogP contribution in [0.5, 0.6) is 0 Å². The van der Waals surface area contributed by atoms with E-state index in [1.807, 2.05) is 4.90 Å². The highest BCUT2D eigenvalue weighted by Crippen LogP contribution is 2.40. The molecule has 0 aromatic rings. The predicted octanol–water partition coefficient (Wildman–Crippen LogP) is 1.80. The number of aliphatic hydroxyl groups excluding tert-OH is 1. The molecule has 0 aromatic carbocycles. The molecule has 1 amide bonds. The summed E-state index contributed by atoms with van der Waals surface area (Å²) in [6, 6.07) is 0. The summed E-state index contributed by atoms with van der Waals surface area (Å²) in [6.07, 6.45) is 6.45. The van der Waals surface area contributed by atoms with Crippen molar-refractivity contribution in [2.24, 2.45) is 11.3 Å². The zero-order valence-corrected chi connectivity index (χ0v) is 10.2. The van der Waals surface area contributed by atoms with Crippen molar-refractivity contribution >= 4 is 5.91 Å². The minimum absolute atomic E-state index is 0.0753. The summed E-state index contributed by atoms with van der Waals surface area (Å²) in [5.74, 6) is 0.893. The maximum absolute atomic E-state index is 12.4. The summed E-state index contributed by atoms with van der Waals surface area (Å²) in [5, 5.41) is 8.91. The number of amides is 1. The third-order valence-electron chi connectivity index (χ3n) is 4.33. The van der Waals surface area contributed by atoms with E-state index in [0.29, 0.717) is 11.8 Å². The molecule has 1 saturated heterocycles. The largest absolute Gasteiger partial charge is 0.396 e. The number of hydrogen-bond donors (Lipinski definition) is 1. The van der Waals surface area contributed by atoms with Crippen molar-refractivity contribution in [2.45, 2.75) is 45.4 Å². The Morgan fingerprint density at radius 2 is 2.12 bits per heavy atom. The molecule has 1 heterocycles. The summed E-state index contributed by atoms with van der Waals surface area (Å²) in [7, 11) is 0. The Balaban J connectivity index is 1.91. The fourth-order valence-corrected chi connectivity index (χ4v) is 3.19. The van der Waals surface area contributed by atoms with E-state index in [-0.39, 0.29) is 12.0 Å². The number of rotatable bonds is 3. The molecule has 1 saturated carbocycles. The summed E-state index contributed by atoms with van der Waals surface area (Å²) in [5.41, 5.74) is -0.0753. The second-order valence-electron chi connectivity index (χ2n) is 5.69. The highest BCUT2D eigenvalue weighted by atomic mass is 16.3. The van der Waals surface area contributed by atoms with Crippen LogP contribution in [0.25, 0.3) is 0 Å². The first-order valence-corrected chi connectivity index (χ1v) is 6.56. The standard InChI is InChI=1S/C13H23NO2/c1-13(6-2-3-7-13)12(16)14-8-4-11(10-14)5-9-15/h11,15H,2-10H2,1H3. The van der Waals surface area contributed by atoms with Gasteiger partial charge in [-0.05, 0) is 31.6 Å². The van der Waals surface area contributed by atoms with E-state index < -0.39 is 0 Å². The van der Waals surface area contributed by atoms with E-state index in [4.69, 9.17) is 5.11 Å². The average Bonchev–Trinajstić information content (AvgIpc) is 2.88. The molecule has 1 N–H and O–H groups in total. The summed E-state index contributed by atoms with van der Waals surface area (Å²) in [4.78, 5) is 14.4. The highest BCUT2D eigenvalue weighted by Gasteiger charge is 2.40. The first-order valence-electron chi connectivity index (χ1n) is 6.56. The summed E-state index contributed by atoms with van der Waals surface area (Å²) >= 11 is 0. The second kappa shape index (κ2) is 4.74. The first kappa shape index (κ1) is 11.9.